The molecule has 0 aliphatic heterocycles. The van der Waals surface area contributed by atoms with Crippen LogP contribution in [0.2, 0.25) is 0 Å². The van der Waals surface area contributed by atoms with Crippen LogP contribution in [-0.2, 0) is 37.5 Å². The van der Waals surface area contributed by atoms with E-state index in [2.05, 4.69) is 18.3 Å². The first-order valence-electron chi connectivity index (χ1n) is 3.38. The second-order valence-corrected chi connectivity index (χ2v) is 2.27. The Labute approximate surface area is 106 Å². The predicted molar refractivity (Wildman–Crippen MR) is 45.9 cm³/mol. The summed E-state index contributed by atoms with van der Waals surface area (Å²) in [5.74, 6) is -0.531. The van der Waals surface area contributed by atoms with Crippen molar-refractivity contribution in [3.05, 3.63) is 41.3 Å². The Morgan fingerprint density at radius 3 is 2.79 bits per heavy atom. The fourth-order valence-corrected chi connectivity index (χ4v) is 0.790. The van der Waals surface area contributed by atoms with Gasteiger partial charge >= 0.3 is 0 Å². The van der Waals surface area contributed by atoms with E-state index in [9.17, 15) is 14.9 Å². The van der Waals surface area contributed by atoms with Crippen molar-refractivity contribution in [3.8, 4) is 0 Å². The zero-order valence-electron chi connectivity index (χ0n) is 7.19. The number of carbonyl (C=O) groups excluding carboxylic acids is 1. The molecule has 0 atom stereocenters. The van der Waals surface area contributed by atoms with E-state index in [1.54, 1.807) is 0 Å². The van der Waals surface area contributed by atoms with E-state index in [-0.39, 0.29) is 44.1 Å². The SMILES string of the molecule is [CH2-]C(=O)Nc1[c-]ccc([N+](=O)[O-])c1.[Y]. The molecule has 1 amide bonds. The molecule has 1 rings (SSSR count). The van der Waals surface area contributed by atoms with E-state index < -0.39 is 10.8 Å². The molecule has 0 aliphatic carbocycles. The third-order valence-corrected chi connectivity index (χ3v) is 1.27. The van der Waals surface area contributed by atoms with Crippen LogP contribution in [0.3, 0.4) is 0 Å². The minimum atomic E-state index is -0.549. The summed E-state index contributed by atoms with van der Waals surface area (Å²) in [4.78, 5) is 20.2. The maximum atomic E-state index is 10.5. The molecule has 0 saturated heterocycles. The van der Waals surface area contributed by atoms with Crippen LogP contribution in [0.15, 0.2) is 18.2 Å². The molecule has 0 heterocycles. The first-order chi connectivity index (χ1) is 6.09. The summed E-state index contributed by atoms with van der Waals surface area (Å²) in [5, 5.41) is 12.6. The van der Waals surface area contributed by atoms with E-state index in [0.717, 1.165) is 0 Å². The molecule has 6 heteroatoms. The summed E-state index contributed by atoms with van der Waals surface area (Å²) in [7, 11) is 0. The molecule has 1 radical (unpaired) electrons. The van der Waals surface area contributed by atoms with E-state index in [4.69, 9.17) is 0 Å². The fraction of sp³-hybridized carbons (Fsp3) is 0. The third kappa shape index (κ3) is 3.85. The summed E-state index contributed by atoms with van der Waals surface area (Å²) in [6.07, 6.45) is 0. The van der Waals surface area contributed by atoms with Gasteiger partial charge in [0.25, 0.3) is 0 Å². The quantitative estimate of drug-likeness (QED) is 0.496. The van der Waals surface area contributed by atoms with E-state index in [1.165, 1.54) is 18.2 Å². The summed E-state index contributed by atoms with van der Waals surface area (Å²) < 4.78 is 0. The number of hydrogen-bond donors (Lipinski definition) is 1. The Kier molecular flexibility index (Phi) is 5.34. The smallest absolute Gasteiger partial charge is 0.168 e. The number of amides is 1. The average molecular weight is 267 g/mol. The van der Waals surface area contributed by atoms with Crippen molar-refractivity contribution in [1.82, 2.24) is 0 Å². The zero-order chi connectivity index (χ0) is 9.84. The average Bonchev–Trinajstić information content (AvgIpc) is 2.03. The first-order valence-corrected chi connectivity index (χ1v) is 3.38. The van der Waals surface area contributed by atoms with Gasteiger partial charge in [-0.05, 0) is 0 Å². The van der Waals surface area contributed by atoms with Gasteiger partial charge in [-0.25, -0.2) is 0 Å². The fourth-order valence-electron chi connectivity index (χ4n) is 0.790. The molecule has 1 aromatic carbocycles. The van der Waals surface area contributed by atoms with E-state index >= 15 is 0 Å². The normalized spacial score (nSPS) is 8.57. The van der Waals surface area contributed by atoms with Crippen LogP contribution in [0.5, 0.6) is 0 Å². The number of carbonyl (C=O) groups is 1. The number of nitrogens with one attached hydrogen (secondary N) is 1. The van der Waals surface area contributed by atoms with Gasteiger partial charge in [-0.1, -0.05) is 17.8 Å². The van der Waals surface area contributed by atoms with Gasteiger partial charge in [0.2, 0.25) is 0 Å². The van der Waals surface area contributed by atoms with Crippen molar-refractivity contribution >= 4 is 17.3 Å². The van der Waals surface area contributed by atoms with Crippen LogP contribution in [0.1, 0.15) is 0 Å². The summed E-state index contributed by atoms with van der Waals surface area (Å²) in [6, 6.07) is 6.48. The van der Waals surface area contributed by atoms with Gasteiger partial charge in [-0.3, -0.25) is 10.1 Å². The molecule has 0 spiro atoms. The van der Waals surface area contributed by atoms with Crippen molar-refractivity contribution in [3.63, 3.8) is 0 Å². The van der Waals surface area contributed by atoms with Gasteiger partial charge in [0.1, 0.15) is 0 Å². The van der Waals surface area contributed by atoms with Crippen molar-refractivity contribution in [1.29, 1.82) is 0 Å². The van der Waals surface area contributed by atoms with Crippen LogP contribution < -0.4 is 5.32 Å². The predicted octanol–water partition coefficient (Wildman–Crippen LogP) is 1.17. The molecule has 71 valence electrons. The molecule has 1 N–H and O–H groups in total. The molecule has 0 aromatic heterocycles. The third-order valence-electron chi connectivity index (χ3n) is 1.27. The number of anilines is 1. The minimum absolute atomic E-state index is 0. The van der Waals surface area contributed by atoms with Crippen molar-refractivity contribution in [2.45, 2.75) is 0 Å². The number of nitrogens with zero attached hydrogens (tertiary/aromatic N) is 1. The minimum Gasteiger partial charge on any atom is -0.374 e. The molecule has 0 saturated carbocycles. The molecular formula is C8H6N2O3Y-2. The number of non-ortho nitro benzene ring substituents is 1. The monoisotopic (exact) mass is 267 g/mol. The van der Waals surface area contributed by atoms with Crippen LogP contribution >= 0.6 is 0 Å². The largest absolute Gasteiger partial charge is 0.374 e. The molecule has 0 unspecified atom stereocenters. The molecule has 14 heavy (non-hydrogen) atoms. The summed E-state index contributed by atoms with van der Waals surface area (Å²) in [5.41, 5.74) is 0.150. The van der Waals surface area contributed by atoms with Gasteiger partial charge in [0.15, 0.2) is 5.69 Å². The molecule has 0 fully saturated rings. The Morgan fingerprint density at radius 2 is 2.29 bits per heavy atom. The molecule has 0 aliphatic rings. The molecular weight excluding hydrogens is 261 g/mol. The Morgan fingerprint density at radius 1 is 1.64 bits per heavy atom. The van der Waals surface area contributed by atoms with Gasteiger partial charge in [0.05, 0.1) is 5.91 Å². The Balaban J connectivity index is 0.00000169. The number of hydrogen-bond acceptors (Lipinski definition) is 3. The van der Waals surface area contributed by atoms with E-state index in [1.807, 2.05) is 0 Å². The molecule has 5 nitrogen and oxygen atoms in total. The Bertz CT molecular complexity index is 354. The molecule has 1 aromatic rings. The van der Waals surface area contributed by atoms with Crippen molar-refractivity contribution < 1.29 is 42.4 Å². The maximum absolute atomic E-state index is 10.5. The van der Waals surface area contributed by atoms with Crippen LogP contribution in [-0.4, -0.2) is 10.8 Å². The Hall–Kier alpha value is -0.936. The van der Waals surface area contributed by atoms with Gasteiger partial charge < -0.3 is 17.0 Å². The van der Waals surface area contributed by atoms with Crippen LogP contribution in [0, 0.1) is 23.1 Å². The number of benzene rings is 1. The first kappa shape index (κ1) is 13.1. The van der Waals surface area contributed by atoms with Gasteiger partial charge in [-0.15, -0.1) is 0 Å². The van der Waals surface area contributed by atoms with E-state index in [0.29, 0.717) is 0 Å². The number of nitro groups is 1. The van der Waals surface area contributed by atoms with Crippen LogP contribution in [0.4, 0.5) is 11.4 Å². The van der Waals surface area contributed by atoms with Crippen molar-refractivity contribution in [2.75, 3.05) is 5.32 Å². The molecule has 0 bridgehead atoms. The standard InChI is InChI=1S/C8H6N2O3.Y/c1-6(11)9-7-3-2-4-8(5-7)10(12)13;/h2,4-5H,1H2,(H,9,11);/q-2;. The second kappa shape index (κ2) is 5.72. The number of nitro benzene ring substituents is 1. The second-order valence-electron chi connectivity index (χ2n) is 2.27. The maximum Gasteiger partial charge on any atom is 0.168 e. The summed E-state index contributed by atoms with van der Waals surface area (Å²) >= 11 is 0. The van der Waals surface area contributed by atoms with Crippen molar-refractivity contribution in [2.24, 2.45) is 0 Å². The number of rotatable bonds is 2. The van der Waals surface area contributed by atoms with Gasteiger partial charge in [-0.2, -0.15) is 12.1 Å². The summed E-state index contributed by atoms with van der Waals surface area (Å²) in [6.45, 7) is 3.07. The van der Waals surface area contributed by atoms with Crippen LogP contribution in [0.25, 0.3) is 0 Å². The van der Waals surface area contributed by atoms with Gasteiger partial charge in [0, 0.05) is 37.6 Å². The zero-order valence-corrected chi connectivity index (χ0v) is 10.0. The topological polar surface area (TPSA) is 72.2 Å².